The summed E-state index contributed by atoms with van der Waals surface area (Å²) in [5, 5.41) is 3.26. The summed E-state index contributed by atoms with van der Waals surface area (Å²) in [6, 6.07) is 2.06. The SMILES string of the molecule is C#Cc1cn(C)c2sccc12. The highest BCUT2D eigenvalue weighted by Crippen LogP contribution is 2.24. The van der Waals surface area contributed by atoms with Crippen LogP contribution in [-0.2, 0) is 7.05 Å². The lowest BCUT2D eigenvalue weighted by Gasteiger charge is -1.85. The highest BCUT2D eigenvalue weighted by molar-refractivity contribution is 7.16. The Bertz CT molecular complexity index is 428. The van der Waals surface area contributed by atoms with Gasteiger partial charge < -0.3 is 4.57 Å². The maximum Gasteiger partial charge on any atom is 0.103 e. The molecule has 0 bridgehead atoms. The molecular formula is C9H7NS. The fraction of sp³-hybridized carbons (Fsp3) is 0.111. The van der Waals surface area contributed by atoms with Crippen molar-refractivity contribution in [3.05, 3.63) is 23.2 Å². The first kappa shape index (κ1) is 6.51. The van der Waals surface area contributed by atoms with E-state index in [0.717, 1.165) is 5.56 Å². The van der Waals surface area contributed by atoms with Crippen LogP contribution in [0.15, 0.2) is 17.6 Å². The van der Waals surface area contributed by atoms with E-state index in [-0.39, 0.29) is 0 Å². The van der Waals surface area contributed by atoms with Gasteiger partial charge in [-0.05, 0) is 11.4 Å². The van der Waals surface area contributed by atoms with Crippen LogP contribution in [0, 0.1) is 12.3 Å². The Kier molecular flexibility index (Phi) is 1.27. The van der Waals surface area contributed by atoms with Gasteiger partial charge in [-0.1, -0.05) is 5.92 Å². The predicted molar refractivity (Wildman–Crippen MR) is 48.7 cm³/mol. The molecule has 0 fully saturated rings. The van der Waals surface area contributed by atoms with Gasteiger partial charge >= 0.3 is 0 Å². The second-order valence-corrected chi connectivity index (χ2v) is 3.33. The third-order valence-electron chi connectivity index (χ3n) is 1.73. The minimum atomic E-state index is 0.990. The van der Waals surface area contributed by atoms with Crippen molar-refractivity contribution in [2.45, 2.75) is 0 Å². The largest absolute Gasteiger partial charge is 0.341 e. The van der Waals surface area contributed by atoms with Crippen LogP contribution in [0.1, 0.15) is 5.56 Å². The Labute approximate surface area is 69.3 Å². The molecule has 0 saturated heterocycles. The summed E-state index contributed by atoms with van der Waals surface area (Å²) >= 11 is 1.72. The lowest BCUT2D eigenvalue weighted by Crippen LogP contribution is -1.78. The second-order valence-electron chi connectivity index (χ2n) is 2.44. The zero-order chi connectivity index (χ0) is 7.84. The molecule has 0 radical (unpaired) electrons. The molecule has 0 aliphatic heterocycles. The van der Waals surface area contributed by atoms with E-state index in [0.29, 0.717) is 0 Å². The van der Waals surface area contributed by atoms with Crippen molar-refractivity contribution >= 4 is 21.6 Å². The molecule has 0 atom stereocenters. The standard InChI is InChI=1S/C9H7NS/c1-3-7-6-10(2)9-8(7)4-5-11-9/h1,4-6H,2H3. The molecule has 54 valence electrons. The predicted octanol–water partition coefficient (Wildman–Crippen LogP) is 2.22. The topological polar surface area (TPSA) is 4.93 Å². The summed E-state index contributed by atoms with van der Waals surface area (Å²) in [6.45, 7) is 0. The summed E-state index contributed by atoms with van der Waals surface area (Å²) in [6.07, 6.45) is 7.32. The highest BCUT2D eigenvalue weighted by atomic mass is 32.1. The van der Waals surface area contributed by atoms with E-state index in [2.05, 4.69) is 21.9 Å². The average molecular weight is 161 g/mol. The van der Waals surface area contributed by atoms with Gasteiger partial charge in [0.2, 0.25) is 0 Å². The number of hydrogen-bond donors (Lipinski definition) is 0. The maximum absolute atomic E-state index is 5.33. The fourth-order valence-corrected chi connectivity index (χ4v) is 2.07. The summed E-state index contributed by atoms with van der Waals surface area (Å²) in [5.74, 6) is 2.66. The average Bonchev–Trinajstić information content (AvgIpc) is 2.54. The van der Waals surface area contributed by atoms with E-state index in [4.69, 9.17) is 6.42 Å². The summed E-state index contributed by atoms with van der Waals surface area (Å²) in [5.41, 5.74) is 0.990. The smallest absolute Gasteiger partial charge is 0.103 e. The minimum absolute atomic E-state index is 0.990. The van der Waals surface area contributed by atoms with E-state index in [1.54, 1.807) is 11.3 Å². The lowest BCUT2D eigenvalue weighted by atomic mass is 10.3. The molecule has 0 aliphatic carbocycles. The second kappa shape index (κ2) is 2.14. The van der Waals surface area contributed by atoms with Crippen molar-refractivity contribution in [3.63, 3.8) is 0 Å². The zero-order valence-electron chi connectivity index (χ0n) is 6.16. The molecule has 2 aromatic heterocycles. The van der Waals surface area contributed by atoms with E-state index < -0.39 is 0 Å². The molecule has 2 rings (SSSR count). The molecule has 2 heteroatoms. The molecule has 0 aliphatic rings. The van der Waals surface area contributed by atoms with Crippen LogP contribution in [0.2, 0.25) is 0 Å². The highest BCUT2D eigenvalue weighted by Gasteiger charge is 2.03. The number of fused-ring (bicyclic) bond motifs is 1. The zero-order valence-corrected chi connectivity index (χ0v) is 6.98. The van der Waals surface area contributed by atoms with Gasteiger partial charge in [0.25, 0.3) is 0 Å². The molecule has 0 aromatic carbocycles. The van der Waals surface area contributed by atoms with Gasteiger partial charge in [-0.3, -0.25) is 0 Å². The van der Waals surface area contributed by atoms with Crippen LogP contribution >= 0.6 is 11.3 Å². The van der Waals surface area contributed by atoms with Gasteiger partial charge in [-0.2, -0.15) is 0 Å². The number of aromatic nitrogens is 1. The van der Waals surface area contributed by atoms with Gasteiger partial charge in [0, 0.05) is 18.6 Å². The molecule has 0 spiro atoms. The van der Waals surface area contributed by atoms with Gasteiger partial charge in [-0.25, -0.2) is 0 Å². The van der Waals surface area contributed by atoms with Crippen molar-refractivity contribution in [3.8, 4) is 12.3 Å². The first-order valence-corrected chi connectivity index (χ1v) is 4.20. The number of rotatable bonds is 0. The van der Waals surface area contributed by atoms with Gasteiger partial charge in [0.15, 0.2) is 0 Å². The maximum atomic E-state index is 5.33. The van der Waals surface area contributed by atoms with Crippen molar-refractivity contribution in [1.29, 1.82) is 0 Å². The number of thiophene rings is 1. The van der Waals surface area contributed by atoms with Gasteiger partial charge in [-0.15, -0.1) is 17.8 Å². The van der Waals surface area contributed by atoms with Gasteiger partial charge in [0.1, 0.15) is 4.83 Å². The number of nitrogens with zero attached hydrogens (tertiary/aromatic N) is 1. The van der Waals surface area contributed by atoms with Crippen molar-refractivity contribution in [1.82, 2.24) is 4.57 Å². The summed E-state index contributed by atoms with van der Waals surface area (Å²) in [7, 11) is 2.01. The molecule has 11 heavy (non-hydrogen) atoms. The van der Waals surface area contributed by atoms with E-state index >= 15 is 0 Å². The first-order valence-electron chi connectivity index (χ1n) is 3.32. The lowest BCUT2D eigenvalue weighted by molar-refractivity contribution is 0.976. The van der Waals surface area contributed by atoms with Crippen LogP contribution in [0.25, 0.3) is 10.2 Å². The Morgan fingerprint density at radius 3 is 3.18 bits per heavy atom. The van der Waals surface area contributed by atoms with E-state index in [1.165, 1.54) is 10.2 Å². The van der Waals surface area contributed by atoms with E-state index in [1.807, 2.05) is 13.2 Å². The van der Waals surface area contributed by atoms with Crippen LogP contribution in [0.3, 0.4) is 0 Å². The number of aryl methyl sites for hydroxylation is 1. The van der Waals surface area contributed by atoms with E-state index in [9.17, 15) is 0 Å². The molecule has 2 aromatic rings. The summed E-state index contributed by atoms with van der Waals surface area (Å²) in [4.78, 5) is 1.25. The molecular weight excluding hydrogens is 154 g/mol. The van der Waals surface area contributed by atoms with Crippen molar-refractivity contribution in [2.75, 3.05) is 0 Å². The van der Waals surface area contributed by atoms with Crippen LogP contribution in [-0.4, -0.2) is 4.57 Å². The quantitative estimate of drug-likeness (QED) is 0.522. The molecule has 2 heterocycles. The molecule has 0 amide bonds. The van der Waals surface area contributed by atoms with Gasteiger partial charge in [0.05, 0.1) is 5.56 Å². The molecule has 0 unspecified atom stereocenters. The monoisotopic (exact) mass is 161 g/mol. The Morgan fingerprint density at radius 1 is 1.64 bits per heavy atom. The van der Waals surface area contributed by atoms with Crippen LogP contribution in [0.4, 0.5) is 0 Å². The third kappa shape index (κ3) is 0.783. The summed E-state index contributed by atoms with van der Waals surface area (Å²) < 4.78 is 2.06. The van der Waals surface area contributed by atoms with Crippen molar-refractivity contribution in [2.24, 2.45) is 7.05 Å². The number of hydrogen-bond acceptors (Lipinski definition) is 1. The Morgan fingerprint density at radius 2 is 2.45 bits per heavy atom. The Balaban J connectivity index is 2.94. The normalized spacial score (nSPS) is 10.2. The first-order chi connectivity index (χ1) is 5.33. The molecule has 0 N–H and O–H groups in total. The molecule has 0 saturated carbocycles. The van der Waals surface area contributed by atoms with Crippen molar-refractivity contribution < 1.29 is 0 Å². The van der Waals surface area contributed by atoms with Crippen LogP contribution in [0.5, 0.6) is 0 Å². The van der Waals surface area contributed by atoms with Crippen LogP contribution < -0.4 is 0 Å². The molecule has 1 nitrogen and oxygen atoms in total. The third-order valence-corrected chi connectivity index (χ3v) is 2.74. The number of terminal acetylenes is 1. The minimum Gasteiger partial charge on any atom is -0.341 e. The fourth-order valence-electron chi connectivity index (χ4n) is 1.22. The Hall–Kier alpha value is -1.20.